The van der Waals surface area contributed by atoms with E-state index < -0.39 is 24.3 Å². The fourth-order valence-electron chi connectivity index (χ4n) is 3.78. The summed E-state index contributed by atoms with van der Waals surface area (Å²) in [5, 5.41) is 0.686. The number of para-hydroxylation sites is 1. The first-order chi connectivity index (χ1) is 14.8. The first-order valence-electron chi connectivity index (χ1n) is 10.2. The molecule has 1 aromatic carbocycles. The van der Waals surface area contributed by atoms with Gasteiger partial charge in [-0.1, -0.05) is 25.1 Å². The van der Waals surface area contributed by atoms with Gasteiger partial charge in [-0.05, 0) is 51.3 Å². The molecule has 0 unspecified atom stereocenters. The number of pyridine rings is 1. The molecule has 0 radical (unpaired) electrons. The monoisotopic (exact) mass is 422 g/mol. The minimum atomic E-state index is -0.578. The summed E-state index contributed by atoms with van der Waals surface area (Å²) in [6.07, 6.45) is 0.674. The Morgan fingerprint density at radius 2 is 1.61 bits per heavy atom. The second-order valence-electron chi connectivity index (χ2n) is 7.27. The van der Waals surface area contributed by atoms with Gasteiger partial charge in [0.1, 0.15) is 0 Å². The van der Waals surface area contributed by atoms with Crippen molar-refractivity contribution in [2.75, 3.05) is 13.2 Å². The summed E-state index contributed by atoms with van der Waals surface area (Å²) in [4.78, 5) is 45.4. The average molecular weight is 422 g/mol. The normalized spacial score (nSPS) is 10.9. The number of ether oxygens (including phenoxy) is 2. The summed E-state index contributed by atoms with van der Waals surface area (Å²) in [6.45, 7) is 8.68. The number of esters is 2. The Morgan fingerprint density at radius 1 is 0.935 bits per heavy atom. The van der Waals surface area contributed by atoms with Gasteiger partial charge in [0.2, 0.25) is 5.78 Å². The largest absolute Gasteiger partial charge is 0.462 e. The van der Waals surface area contributed by atoms with E-state index in [0.29, 0.717) is 39.7 Å². The van der Waals surface area contributed by atoms with Crippen LogP contribution in [0.4, 0.5) is 0 Å². The lowest BCUT2D eigenvalue weighted by molar-refractivity contribution is 0.0473. The third kappa shape index (κ3) is 4.21. The molecule has 0 saturated heterocycles. The smallest absolute Gasteiger partial charge is 0.340 e. The van der Waals surface area contributed by atoms with E-state index in [1.54, 1.807) is 20.8 Å². The van der Waals surface area contributed by atoms with Crippen LogP contribution in [0, 0.1) is 20.8 Å². The van der Waals surface area contributed by atoms with Gasteiger partial charge in [-0.3, -0.25) is 9.78 Å². The summed E-state index contributed by atoms with van der Waals surface area (Å²) in [7, 11) is 0. The van der Waals surface area contributed by atoms with Gasteiger partial charge in [-0.15, -0.1) is 0 Å². The lowest BCUT2D eigenvalue weighted by Crippen LogP contribution is -2.17. The van der Waals surface area contributed by atoms with E-state index in [2.05, 4.69) is 9.97 Å². The maximum Gasteiger partial charge on any atom is 0.340 e. The number of aromatic amines is 1. The van der Waals surface area contributed by atoms with Crippen LogP contribution in [0.15, 0.2) is 24.3 Å². The van der Waals surface area contributed by atoms with Crippen molar-refractivity contribution in [2.45, 2.75) is 41.0 Å². The van der Waals surface area contributed by atoms with E-state index in [-0.39, 0.29) is 12.3 Å². The molecule has 0 bridgehead atoms. The molecule has 2 aromatic heterocycles. The minimum Gasteiger partial charge on any atom is -0.462 e. The van der Waals surface area contributed by atoms with E-state index in [1.807, 2.05) is 38.1 Å². The molecular weight excluding hydrogens is 396 g/mol. The molecule has 0 aliphatic carbocycles. The second-order valence-corrected chi connectivity index (χ2v) is 7.27. The number of hydrogen-bond donors (Lipinski definition) is 1. The van der Waals surface area contributed by atoms with Gasteiger partial charge < -0.3 is 14.5 Å². The maximum atomic E-state index is 12.9. The molecule has 7 nitrogen and oxygen atoms in total. The number of aryl methyl sites for hydroxylation is 2. The van der Waals surface area contributed by atoms with Gasteiger partial charge in [0.25, 0.3) is 0 Å². The number of nitrogens with zero attached hydrogens (tertiary/aromatic N) is 1. The number of rotatable bonds is 7. The van der Waals surface area contributed by atoms with Crippen molar-refractivity contribution >= 4 is 28.6 Å². The van der Waals surface area contributed by atoms with Gasteiger partial charge in [-0.25, -0.2) is 9.59 Å². The molecule has 0 spiro atoms. The molecule has 31 heavy (non-hydrogen) atoms. The number of hydrogen-bond acceptors (Lipinski definition) is 6. The molecule has 2 heterocycles. The highest BCUT2D eigenvalue weighted by molar-refractivity contribution is 6.07. The Morgan fingerprint density at radius 3 is 2.29 bits per heavy atom. The van der Waals surface area contributed by atoms with E-state index >= 15 is 0 Å². The number of nitrogens with one attached hydrogen (secondary N) is 1. The molecule has 3 rings (SSSR count). The molecule has 0 aliphatic rings. The van der Waals surface area contributed by atoms with Crippen LogP contribution in [0.3, 0.4) is 0 Å². The first-order valence-corrected chi connectivity index (χ1v) is 10.2. The fraction of sp³-hybridized carbons (Fsp3) is 0.333. The number of aromatic nitrogens is 2. The predicted molar refractivity (Wildman–Crippen MR) is 117 cm³/mol. The second kappa shape index (κ2) is 9.12. The van der Waals surface area contributed by atoms with Gasteiger partial charge >= 0.3 is 11.9 Å². The van der Waals surface area contributed by atoms with Crippen molar-refractivity contribution in [3.63, 3.8) is 0 Å². The zero-order valence-electron chi connectivity index (χ0n) is 18.4. The van der Waals surface area contributed by atoms with Gasteiger partial charge in [0.05, 0.1) is 28.9 Å². The number of fused-ring (bicyclic) bond motifs is 1. The van der Waals surface area contributed by atoms with Crippen LogP contribution in [0.1, 0.15) is 67.6 Å². The van der Waals surface area contributed by atoms with Crippen molar-refractivity contribution in [1.82, 2.24) is 9.97 Å². The molecule has 1 N–H and O–H groups in total. The number of benzene rings is 1. The Kier molecular flexibility index (Phi) is 6.53. The van der Waals surface area contributed by atoms with E-state index in [9.17, 15) is 14.4 Å². The van der Waals surface area contributed by atoms with Crippen molar-refractivity contribution in [3.05, 3.63) is 63.6 Å². The zero-order chi connectivity index (χ0) is 22.7. The summed E-state index contributed by atoms with van der Waals surface area (Å²) in [5.41, 5.74) is 4.27. The van der Waals surface area contributed by atoms with Crippen molar-refractivity contribution in [3.8, 4) is 0 Å². The highest BCUT2D eigenvalue weighted by atomic mass is 16.5. The molecule has 7 heteroatoms. The number of Topliss-reactive ketones (excluding diaryl/α,β-unsaturated/α-hetero) is 1. The van der Waals surface area contributed by atoms with Crippen LogP contribution in [0.25, 0.3) is 10.9 Å². The van der Waals surface area contributed by atoms with E-state index in [0.717, 1.165) is 11.3 Å². The van der Waals surface area contributed by atoms with Crippen LogP contribution in [0.2, 0.25) is 0 Å². The fourth-order valence-corrected chi connectivity index (χ4v) is 3.78. The number of carbonyl (C=O) groups excluding carboxylic acids is 3. The predicted octanol–water partition coefficient (Wildman–Crippen LogP) is 4.27. The van der Waals surface area contributed by atoms with Crippen LogP contribution in [-0.4, -0.2) is 40.9 Å². The SMILES string of the molecule is CCOC(=O)c1c(C)[nH]c(C(=O)COC(=O)c2c(C)c(CC)nc3ccccc23)c1C. The van der Waals surface area contributed by atoms with E-state index in [1.165, 1.54) is 0 Å². The van der Waals surface area contributed by atoms with Gasteiger partial charge in [-0.2, -0.15) is 0 Å². The number of carbonyl (C=O) groups is 3. The molecule has 3 aromatic rings. The first kappa shape index (κ1) is 22.2. The summed E-state index contributed by atoms with van der Waals surface area (Å²) in [6, 6.07) is 7.36. The summed E-state index contributed by atoms with van der Waals surface area (Å²) >= 11 is 0. The molecule has 162 valence electrons. The number of H-pyrrole nitrogens is 1. The Hall–Kier alpha value is -3.48. The van der Waals surface area contributed by atoms with Crippen molar-refractivity contribution < 1.29 is 23.9 Å². The van der Waals surface area contributed by atoms with Gasteiger partial charge in [0.15, 0.2) is 6.61 Å². The third-order valence-electron chi connectivity index (χ3n) is 5.31. The molecule has 0 atom stereocenters. The lowest BCUT2D eigenvalue weighted by Gasteiger charge is -2.13. The minimum absolute atomic E-state index is 0.235. The summed E-state index contributed by atoms with van der Waals surface area (Å²) < 4.78 is 10.4. The standard InChI is InChI=1S/C24H26N2O5/c1-6-17-13(3)21(16-10-8-9-11-18(16)26-17)24(29)31-12-19(27)22-14(4)20(15(5)25-22)23(28)30-7-2/h8-11,25H,6-7,12H2,1-5H3. The van der Waals surface area contributed by atoms with Crippen LogP contribution < -0.4 is 0 Å². The molecule has 0 amide bonds. The zero-order valence-corrected chi connectivity index (χ0v) is 18.4. The van der Waals surface area contributed by atoms with Crippen molar-refractivity contribution in [1.29, 1.82) is 0 Å². The Balaban J connectivity index is 1.85. The summed E-state index contributed by atoms with van der Waals surface area (Å²) in [5.74, 6) is -1.49. The van der Waals surface area contributed by atoms with Crippen LogP contribution in [0.5, 0.6) is 0 Å². The highest BCUT2D eigenvalue weighted by Gasteiger charge is 2.25. The highest BCUT2D eigenvalue weighted by Crippen LogP contribution is 2.25. The van der Waals surface area contributed by atoms with E-state index in [4.69, 9.17) is 9.47 Å². The molecule has 0 fully saturated rings. The quantitative estimate of drug-likeness (QED) is 0.451. The molecule has 0 aliphatic heterocycles. The third-order valence-corrected chi connectivity index (χ3v) is 5.31. The van der Waals surface area contributed by atoms with Gasteiger partial charge in [0, 0.05) is 16.8 Å². The van der Waals surface area contributed by atoms with Crippen molar-refractivity contribution in [2.24, 2.45) is 0 Å². The Labute approximate surface area is 180 Å². The Bertz CT molecular complexity index is 1180. The maximum absolute atomic E-state index is 12.9. The van der Waals surface area contributed by atoms with Crippen LogP contribution >= 0.6 is 0 Å². The molecular formula is C24H26N2O5. The lowest BCUT2D eigenvalue weighted by atomic mass is 10.0. The number of ketones is 1. The average Bonchev–Trinajstić information content (AvgIpc) is 3.05. The van der Waals surface area contributed by atoms with Crippen LogP contribution in [-0.2, 0) is 15.9 Å². The topological polar surface area (TPSA) is 98.4 Å². The molecule has 0 saturated carbocycles.